The topological polar surface area (TPSA) is 49.4 Å². The Kier molecular flexibility index (Phi) is 2.58. The summed E-state index contributed by atoms with van der Waals surface area (Å²) in [5, 5.41) is 3.21. The van der Waals surface area contributed by atoms with Crippen LogP contribution in [0, 0.1) is 0 Å². The van der Waals surface area contributed by atoms with Crippen molar-refractivity contribution in [3.8, 4) is 0 Å². The maximum atomic E-state index is 11.7. The van der Waals surface area contributed by atoms with Gasteiger partial charge in [0.2, 0.25) is 10.0 Å². The van der Waals surface area contributed by atoms with E-state index in [0.717, 1.165) is 38.9 Å². The molecule has 1 N–H and O–H groups in total. The van der Waals surface area contributed by atoms with Crippen molar-refractivity contribution in [2.45, 2.75) is 25.3 Å². The van der Waals surface area contributed by atoms with E-state index in [1.54, 1.807) is 4.31 Å². The van der Waals surface area contributed by atoms with E-state index in [1.807, 2.05) is 0 Å². The minimum Gasteiger partial charge on any atom is -0.313 e. The second kappa shape index (κ2) is 3.55. The molecule has 4 nitrogen and oxygen atoms in total. The van der Waals surface area contributed by atoms with Crippen molar-refractivity contribution in [1.29, 1.82) is 0 Å². The fourth-order valence-electron chi connectivity index (χ4n) is 1.82. The van der Waals surface area contributed by atoms with Crippen molar-refractivity contribution in [1.82, 2.24) is 9.62 Å². The Balaban J connectivity index is 1.91. The summed E-state index contributed by atoms with van der Waals surface area (Å²) in [6.07, 6.45) is 3.14. The van der Waals surface area contributed by atoms with Crippen LogP contribution >= 0.6 is 0 Å². The third-order valence-corrected chi connectivity index (χ3v) is 4.76. The zero-order valence-electron chi connectivity index (χ0n) is 7.70. The van der Waals surface area contributed by atoms with Gasteiger partial charge in [0.25, 0.3) is 0 Å². The van der Waals surface area contributed by atoms with Gasteiger partial charge in [-0.15, -0.1) is 0 Å². The third kappa shape index (κ3) is 2.03. The molecule has 0 aromatic rings. The molecule has 76 valence electrons. The van der Waals surface area contributed by atoms with Crippen molar-refractivity contribution in [3.63, 3.8) is 0 Å². The molecule has 0 bridgehead atoms. The smallest absolute Gasteiger partial charge is 0.215 e. The lowest BCUT2D eigenvalue weighted by Crippen LogP contribution is -2.46. The van der Waals surface area contributed by atoms with Gasteiger partial charge in [-0.05, 0) is 25.8 Å². The van der Waals surface area contributed by atoms with Gasteiger partial charge in [-0.25, -0.2) is 12.7 Å². The zero-order valence-corrected chi connectivity index (χ0v) is 8.52. The molecule has 13 heavy (non-hydrogen) atoms. The van der Waals surface area contributed by atoms with Crippen LogP contribution in [0.5, 0.6) is 0 Å². The van der Waals surface area contributed by atoms with E-state index in [9.17, 15) is 8.42 Å². The van der Waals surface area contributed by atoms with Gasteiger partial charge >= 0.3 is 0 Å². The fraction of sp³-hybridized carbons (Fsp3) is 1.00. The Labute approximate surface area is 79.4 Å². The van der Waals surface area contributed by atoms with E-state index >= 15 is 0 Å². The van der Waals surface area contributed by atoms with E-state index < -0.39 is 10.0 Å². The van der Waals surface area contributed by atoms with E-state index in [1.165, 1.54) is 0 Å². The first-order valence-electron chi connectivity index (χ1n) is 4.90. The molecule has 0 aromatic carbocycles. The summed E-state index contributed by atoms with van der Waals surface area (Å²) in [5.74, 6) is 0.299. The lowest BCUT2D eigenvalue weighted by molar-refractivity contribution is 0.308. The number of hydrogen-bond donors (Lipinski definition) is 1. The third-order valence-electron chi connectivity index (χ3n) is 2.78. The lowest BCUT2D eigenvalue weighted by atomic mass is 10.3. The molecule has 0 aromatic heterocycles. The van der Waals surface area contributed by atoms with Gasteiger partial charge in [0.1, 0.15) is 0 Å². The number of rotatable bonds is 3. The van der Waals surface area contributed by atoms with Crippen LogP contribution in [-0.4, -0.2) is 44.2 Å². The molecular weight excluding hydrogens is 188 g/mol. The van der Waals surface area contributed by atoms with Crippen LogP contribution in [0.3, 0.4) is 0 Å². The molecule has 2 aliphatic rings. The number of hydrogen-bond acceptors (Lipinski definition) is 3. The van der Waals surface area contributed by atoms with Gasteiger partial charge in [-0.3, -0.25) is 0 Å². The summed E-state index contributed by atoms with van der Waals surface area (Å²) in [6, 6.07) is 0.200. The lowest BCUT2D eigenvalue weighted by Gasteiger charge is -2.30. The molecule has 2 saturated heterocycles. The van der Waals surface area contributed by atoms with Gasteiger partial charge in [-0.2, -0.15) is 0 Å². The van der Waals surface area contributed by atoms with Gasteiger partial charge in [0, 0.05) is 19.1 Å². The van der Waals surface area contributed by atoms with Crippen LogP contribution in [-0.2, 0) is 10.0 Å². The first-order valence-corrected chi connectivity index (χ1v) is 6.50. The predicted molar refractivity (Wildman–Crippen MR) is 51.0 cm³/mol. The largest absolute Gasteiger partial charge is 0.313 e. The van der Waals surface area contributed by atoms with E-state index in [2.05, 4.69) is 5.32 Å². The van der Waals surface area contributed by atoms with Gasteiger partial charge in [-0.1, -0.05) is 0 Å². The Bertz CT molecular complexity index is 266. The monoisotopic (exact) mass is 204 g/mol. The van der Waals surface area contributed by atoms with Gasteiger partial charge in [0.15, 0.2) is 0 Å². The number of sulfonamides is 1. The first-order chi connectivity index (χ1) is 6.18. The molecule has 0 amide bonds. The highest BCUT2D eigenvalue weighted by Gasteiger charge is 2.30. The molecule has 0 spiro atoms. The fourth-order valence-corrected chi connectivity index (χ4v) is 3.64. The summed E-state index contributed by atoms with van der Waals surface area (Å²) in [4.78, 5) is 0. The number of nitrogens with zero attached hydrogens (tertiary/aromatic N) is 1. The molecule has 2 rings (SSSR count). The highest BCUT2D eigenvalue weighted by atomic mass is 32.2. The minimum atomic E-state index is -2.94. The van der Waals surface area contributed by atoms with E-state index in [-0.39, 0.29) is 6.04 Å². The van der Waals surface area contributed by atoms with Crippen molar-refractivity contribution in [2.24, 2.45) is 0 Å². The Morgan fingerprint density at radius 1 is 1.31 bits per heavy atom. The molecular formula is C8H16N2O2S. The van der Waals surface area contributed by atoms with Crippen molar-refractivity contribution < 1.29 is 8.42 Å². The normalized spacial score (nSPS) is 30.3. The highest BCUT2D eigenvalue weighted by molar-refractivity contribution is 7.89. The standard InChI is InChI=1S/C8H16N2O2S/c11-13(12,10-5-2-6-10)7-8-3-1-4-9-8/h8-9H,1-7H2. The van der Waals surface area contributed by atoms with E-state index in [4.69, 9.17) is 0 Å². The van der Waals surface area contributed by atoms with Crippen molar-refractivity contribution in [3.05, 3.63) is 0 Å². The van der Waals surface area contributed by atoms with Gasteiger partial charge < -0.3 is 5.32 Å². The molecule has 0 saturated carbocycles. The molecule has 0 radical (unpaired) electrons. The van der Waals surface area contributed by atoms with Crippen molar-refractivity contribution >= 4 is 10.0 Å². The Morgan fingerprint density at radius 3 is 2.54 bits per heavy atom. The first kappa shape index (κ1) is 9.43. The summed E-state index contributed by atoms with van der Waals surface area (Å²) in [7, 11) is -2.94. The summed E-state index contributed by atoms with van der Waals surface area (Å²) in [6.45, 7) is 2.43. The van der Waals surface area contributed by atoms with Crippen LogP contribution < -0.4 is 5.32 Å². The second-order valence-electron chi connectivity index (χ2n) is 3.82. The minimum absolute atomic E-state index is 0.200. The van der Waals surface area contributed by atoms with Crippen LogP contribution in [0.25, 0.3) is 0 Å². The van der Waals surface area contributed by atoms with Crippen LogP contribution in [0.1, 0.15) is 19.3 Å². The Hall–Kier alpha value is -0.130. The molecule has 1 unspecified atom stereocenters. The average Bonchev–Trinajstić information content (AvgIpc) is 2.32. The molecule has 0 aliphatic carbocycles. The van der Waals surface area contributed by atoms with Crippen LogP contribution in [0.15, 0.2) is 0 Å². The van der Waals surface area contributed by atoms with Gasteiger partial charge in [0.05, 0.1) is 5.75 Å². The average molecular weight is 204 g/mol. The molecule has 5 heteroatoms. The molecule has 2 fully saturated rings. The molecule has 2 aliphatic heterocycles. The maximum Gasteiger partial charge on any atom is 0.215 e. The second-order valence-corrected chi connectivity index (χ2v) is 5.84. The Morgan fingerprint density at radius 2 is 2.08 bits per heavy atom. The highest BCUT2D eigenvalue weighted by Crippen LogP contribution is 2.16. The summed E-state index contributed by atoms with van der Waals surface area (Å²) in [5.41, 5.74) is 0. The maximum absolute atomic E-state index is 11.7. The summed E-state index contributed by atoms with van der Waals surface area (Å²) >= 11 is 0. The summed E-state index contributed by atoms with van der Waals surface area (Å²) < 4.78 is 24.9. The quantitative estimate of drug-likeness (QED) is 0.691. The number of nitrogens with one attached hydrogen (secondary N) is 1. The predicted octanol–water partition coefficient (Wildman–Crippen LogP) is -0.226. The zero-order chi connectivity index (χ0) is 9.31. The van der Waals surface area contributed by atoms with E-state index in [0.29, 0.717) is 5.75 Å². The van der Waals surface area contributed by atoms with Crippen LogP contribution in [0.4, 0.5) is 0 Å². The van der Waals surface area contributed by atoms with Crippen molar-refractivity contribution in [2.75, 3.05) is 25.4 Å². The molecule has 2 heterocycles. The SMILES string of the molecule is O=S(=O)(CC1CCCN1)N1CCC1. The molecule has 1 atom stereocenters. The van der Waals surface area contributed by atoms with Crippen LogP contribution in [0.2, 0.25) is 0 Å².